The van der Waals surface area contributed by atoms with Crippen molar-refractivity contribution in [1.29, 1.82) is 0 Å². The molecule has 0 fully saturated rings. The fraction of sp³-hybridized carbons (Fsp3) is 0.176. The Labute approximate surface area is 128 Å². The van der Waals surface area contributed by atoms with Crippen LogP contribution in [0.15, 0.2) is 42.5 Å². The minimum absolute atomic E-state index is 0.0798. The summed E-state index contributed by atoms with van der Waals surface area (Å²) in [6.07, 6.45) is 0.660. The van der Waals surface area contributed by atoms with Crippen molar-refractivity contribution < 1.29 is 24.2 Å². The van der Waals surface area contributed by atoms with E-state index in [4.69, 9.17) is 14.6 Å². The van der Waals surface area contributed by atoms with Crippen molar-refractivity contribution in [2.45, 2.75) is 20.0 Å². The molecule has 5 nitrogen and oxygen atoms in total. The van der Waals surface area contributed by atoms with Gasteiger partial charge in [0.2, 0.25) is 0 Å². The van der Waals surface area contributed by atoms with Crippen molar-refractivity contribution in [3.05, 3.63) is 53.6 Å². The van der Waals surface area contributed by atoms with Crippen molar-refractivity contribution >= 4 is 12.3 Å². The van der Waals surface area contributed by atoms with E-state index in [0.717, 1.165) is 6.29 Å². The predicted octanol–water partition coefficient (Wildman–Crippen LogP) is 3.78. The second kappa shape index (κ2) is 6.76. The molecule has 0 aliphatic carbocycles. The zero-order valence-corrected chi connectivity index (χ0v) is 12.3. The highest BCUT2D eigenvalue weighted by Gasteiger charge is 2.10. The Morgan fingerprint density at radius 3 is 2.23 bits per heavy atom. The molecule has 0 aliphatic rings. The van der Waals surface area contributed by atoms with E-state index < -0.39 is 5.97 Å². The summed E-state index contributed by atoms with van der Waals surface area (Å²) in [5, 5.41) is 9.15. The maximum Gasteiger partial charge on any atom is 0.335 e. The van der Waals surface area contributed by atoms with Gasteiger partial charge in [0.05, 0.1) is 11.7 Å². The highest BCUT2D eigenvalue weighted by atomic mass is 16.5. The number of carbonyl (C=O) groups is 2. The van der Waals surface area contributed by atoms with E-state index in [0.29, 0.717) is 22.8 Å². The molecule has 0 aliphatic heterocycles. The highest BCUT2D eigenvalue weighted by molar-refractivity contribution is 5.88. The fourth-order valence-corrected chi connectivity index (χ4v) is 1.84. The Morgan fingerprint density at radius 2 is 1.68 bits per heavy atom. The van der Waals surface area contributed by atoms with Crippen LogP contribution in [-0.2, 0) is 0 Å². The van der Waals surface area contributed by atoms with Gasteiger partial charge < -0.3 is 14.6 Å². The molecular weight excluding hydrogens is 284 g/mol. The number of aromatic carboxylic acids is 1. The van der Waals surface area contributed by atoms with E-state index in [1.54, 1.807) is 30.3 Å². The molecule has 0 spiro atoms. The first-order valence-corrected chi connectivity index (χ1v) is 6.76. The van der Waals surface area contributed by atoms with Crippen molar-refractivity contribution in [1.82, 2.24) is 0 Å². The summed E-state index contributed by atoms with van der Waals surface area (Å²) in [4.78, 5) is 21.8. The standard InChI is InChI=1S/C17H16O5/c1-11(2)21-15-7-13(17(19)20)8-16(9-15)22-14-5-3-12(10-18)4-6-14/h3-11H,1-2H3,(H,19,20). The fourth-order valence-electron chi connectivity index (χ4n) is 1.84. The van der Waals surface area contributed by atoms with E-state index in [-0.39, 0.29) is 11.7 Å². The van der Waals surface area contributed by atoms with Crippen molar-refractivity contribution in [2.75, 3.05) is 0 Å². The number of benzene rings is 2. The second-order valence-corrected chi connectivity index (χ2v) is 4.95. The number of carboxylic acid groups (broad SMARTS) is 1. The van der Waals surface area contributed by atoms with E-state index >= 15 is 0 Å². The maximum atomic E-state index is 11.2. The summed E-state index contributed by atoms with van der Waals surface area (Å²) in [7, 11) is 0. The summed E-state index contributed by atoms with van der Waals surface area (Å²) < 4.78 is 11.2. The Balaban J connectivity index is 2.29. The molecule has 0 heterocycles. The largest absolute Gasteiger partial charge is 0.491 e. The lowest BCUT2D eigenvalue weighted by Gasteiger charge is -2.13. The normalized spacial score (nSPS) is 10.3. The first kappa shape index (κ1) is 15.6. The zero-order chi connectivity index (χ0) is 16.1. The minimum atomic E-state index is -1.06. The van der Waals surface area contributed by atoms with Crippen molar-refractivity contribution in [2.24, 2.45) is 0 Å². The molecule has 0 amide bonds. The average molecular weight is 300 g/mol. The number of aldehydes is 1. The molecular formula is C17H16O5. The minimum Gasteiger partial charge on any atom is -0.491 e. The molecule has 0 bridgehead atoms. The van der Waals surface area contributed by atoms with Crippen LogP contribution in [0.2, 0.25) is 0 Å². The molecule has 0 atom stereocenters. The molecule has 2 aromatic carbocycles. The van der Waals surface area contributed by atoms with Crippen LogP contribution in [0.5, 0.6) is 17.2 Å². The summed E-state index contributed by atoms with van der Waals surface area (Å²) in [6, 6.07) is 11.0. The van der Waals surface area contributed by atoms with Gasteiger partial charge in [-0.2, -0.15) is 0 Å². The van der Waals surface area contributed by atoms with E-state index in [1.165, 1.54) is 12.1 Å². The van der Waals surface area contributed by atoms with Gasteiger partial charge in [-0.25, -0.2) is 4.79 Å². The van der Waals surface area contributed by atoms with Crippen LogP contribution in [-0.4, -0.2) is 23.5 Å². The topological polar surface area (TPSA) is 72.8 Å². The summed E-state index contributed by atoms with van der Waals surface area (Å²) in [5.41, 5.74) is 0.619. The number of hydrogen-bond donors (Lipinski definition) is 1. The lowest BCUT2D eigenvalue weighted by Crippen LogP contribution is -2.07. The monoisotopic (exact) mass is 300 g/mol. The number of ether oxygens (including phenoxy) is 2. The Kier molecular flexibility index (Phi) is 4.78. The maximum absolute atomic E-state index is 11.2. The molecule has 2 aromatic rings. The van der Waals surface area contributed by atoms with E-state index in [2.05, 4.69) is 0 Å². The van der Waals surface area contributed by atoms with Crippen LogP contribution in [0.4, 0.5) is 0 Å². The molecule has 0 aromatic heterocycles. The van der Waals surface area contributed by atoms with Crippen LogP contribution >= 0.6 is 0 Å². The third-order valence-corrected chi connectivity index (χ3v) is 2.75. The van der Waals surface area contributed by atoms with Crippen molar-refractivity contribution in [3.63, 3.8) is 0 Å². The van der Waals surface area contributed by atoms with Gasteiger partial charge in [0.1, 0.15) is 23.5 Å². The summed E-state index contributed by atoms with van der Waals surface area (Å²) in [5.74, 6) is 0.225. The Morgan fingerprint density at radius 1 is 1.05 bits per heavy atom. The second-order valence-electron chi connectivity index (χ2n) is 4.95. The Hall–Kier alpha value is -2.82. The van der Waals surface area contributed by atoms with Crippen LogP contribution in [0, 0.1) is 0 Å². The molecule has 2 rings (SSSR count). The predicted molar refractivity (Wildman–Crippen MR) is 81.1 cm³/mol. The molecule has 0 saturated heterocycles. The lowest BCUT2D eigenvalue weighted by molar-refractivity contribution is 0.0695. The number of carbonyl (C=O) groups excluding carboxylic acids is 1. The lowest BCUT2D eigenvalue weighted by atomic mass is 10.2. The molecule has 5 heteroatoms. The van der Waals surface area contributed by atoms with E-state index in [1.807, 2.05) is 13.8 Å². The highest BCUT2D eigenvalue weighted by Crippen LogP contribution is 2.28. The van der Waals surface area contributed by atoms with Gasteiger partial charge in [-0.15, -0.1) is 0 Å². The third-order valence-electron chi connectivity index (χ3n) is 2.75. The molecule has 0 radical (unpaired) electrons. The van der Waals surface area contributed by atoms with E-state index in [9.17, 15) is 9.59 Å². The van der Waals surface area contributed by atoms with Gasteiger partial charge in [-0.3, -0.25) is 4.79 Å². The first-order chi connectivity index (χ1) is 10.5. The van der Waals surface area contributed by atoms with Crippen LogP contribution < -0.4 is 9.47 Å². The van der Waals surface area contributed by atoms with Gasteiger partial charge in [0.15, 0.2) is 0 Å². The number of carboxylic acids is 1. The summed E-state index contributed by atoms with van der Waals surface area (Å²) >= 11 is 0. The Bertz CT molecular complexity index is 674. The zero-order valence-electron chi connectivity index (χ0n) is 12.3. The van der Waals surface area contributed by atoms with Crippen LogP contribution in [0.25, 0.3) is 0 Å². The molecule has 114 valence electrons. The molecule has 1 N–H and O–H groups in total. The number of rotatable bonds is 6. The molecule has 22 heavy (non-hydrogen) atoms. The van der Waals surface area contributed by atoms with Gasteiger partial charge in [0.25, 0.3) is 0 Å². The molecule has 0 saturated carbocycles. The van der Waals surface area contributed by atoms with Crippen LogP contribution in [0.3, 0.4) is 0 Å². The van der Waals surface area contributed by atoms with Gasteiger partial charge >= 0.3 is 5.97 Å². The summed E-state index contributed by atoms with van der Waals surface area (Å²) in [6.45, 7) is 3.71. The molecule has 0 unspecified atom stereocenters. The SMILES string of the molecule is CC(C)Oc1cc(Oc2ccc(C=O)cc2)cc(C(=O)O)c1. The smallest absolute Gasteiger partial charge is 0.335 e. The van der Waals surface area contributed by atoms with Gasteiger partial charge in [-0.1, -0.05) is 0 Å². The average Bonchev–Trinajstić information content (AvgIpc) is 2.47. The van der Waals surface area contributed by atoms with Crippen LogP contribution in [0.1, 0.15) is 34.6 Å². The first-order valence-electron chi connectivity index (χ1n) is 6.76. The third kappa shape index (κ3) is 4.09. The number of hydrogen-bond acceptors (Lipinski definition) is 4. The quantitative estimate of drug-likeness (QED) is 0.822. The van der Waals surface area contributed by atoms with Gasteiger partial charge in [-0.05, 0) is 50.2 Å². The van der Waals surface area contributed by atoms with Crippen molar-refractivity contribution in [3.8, 4) is 17.2 Å². The van der Waals surface area contributed by atoms with Gasteiger partial charge in [0, 0.05) is 11.6 Å².